The van der Waals surface area contributed by atoms with Gasteiger partial charge in [-0.2, -0.15) is 5.10 Å². The number of nitrogens with zero attached hydrogens (tertiary/aromatic N) is 1. The van der Waals surface area contributed by atoms with Crippen molar-refractivity contribution in [2.75, 3.05) is 6.54 Å². The van der Waals surface area contributed by atoms with E-state index in [0.717, 1.165) is 11.3 Å². The number of benzene rings is 1. The predicted octanol–water partition coefficient (Wildman–Crippen LogP) is 5.71. The zero-order valence-corrected chi connectivity index (χ0v) is 22.9. The van der Waals surface area contributed by atoms with E-state index in [-0.39, 0.29) is 22.0 Å². The van der Waals surface area contributed by atoms with E-state index in [2.05, 4.69) is 15.8 Å². The number of hydrogen-bond acceptors (Lipinski definition) is 8. The molecule has 12 heteroatoms. The number of amides is 2. The van der Waals surface area contributed by atoms with Crippen LogP contribution in [0.2, 0.25) is 10.0 Å². The van der Waals surface area contributed by atoms with E-state index in [4.69, 9.17) is 27.9 Å². The number of carbonyl (C=O) groups is 3. The number of hydrogen-bond donors (Lipinski definition) is 3. The molecule has 0 aliphatic rings. The van der Waals surface area contributed by atoms with Crippen LogP contribution in [0, 0.1) is 0 Å². The lowest BCUT2D eigenvalue weighted by atomic mass is 10.1. The fourth-order valence-corrected chi connectivity index (χ4v) is 5.01. The molecule has 1 aromatic carbocycles. The Kier molecular flexibility index (Phi) is 8.78. The summed E-state index contributed by atoms with van der Waals surface area (Å²) in [6.07, 6.45) is 0. The summed E-state index contributed by atoms with van der Waals surface area (Å²) in [6, 6.07) is 8.01. The van der Waals surface area contributed by atoms with Gasteiger partial charge in [0.15, 0.2) is 0 Å². The lowest BCUT2D eigenvalue weighted by molar-refractivity contribution is -0.153. The molecule has 0 spiro atoms. The summed E-state index contributed by atoms with van der Waals surface area (Å²) in [5.74, 6) is -1.57. The zero-order valence-electron chi connectivity index (χ0n) is 19.8. The van der Waals surface area contributed by atoms with Crippen molar-refractivity contribution in [1.82, 2.24) is 10.7 Å². The smallest absolute Gasteiger partial charge is 0.325 e. The summed E-state index contributed by atoms with van der Waals surface area (Å²) in [4.78, 5) is 37.7. The van der Waals surface area contributed by atoms with Crippen LogP contribution >= 0.6 is 45.9 Å². The fourth-order valence-electron chi connectivity index (χ4n) is 2.90. The average Bonchev–Trinajstić information content (AvgIpc) is 3.44. The number of aromatic hydroxyl groups is 1. The van der Waals surface area contributed by atoms with E-state index in [1.807, 2.05) is 0 Å². The Morgan fingerprint density at radius 2 is 1.72 bits per heavy atom. The van der Waals surface area contributed by atoms with Crippen LogP contribution in [-0.2, 0) is 9.53 Å². The van der Waals surface area contributed by atoms with Crippen LogP contribution in [0.1, 0.15) is 52.6 Å². The van der Waals surface area contributed by atoms with Crippen molar-refractivity contribution >= 4 is 69.4 Å². The summed E-state index contributed by atoms with van der Waals surface area (Å²) >= 11 is 14.3. The van der Waals surface area contributed by atoms with E-state index in [1.54, 1.807) is 51.3 Å². The molecule has 0 unspecified atom stereocenters. The normalized spacial score (nSPS) is 11.8. The number of rotatable bonds is 7. The van der Waals surface area contributed by atoms with Crippen LogP contribution in [0.4, 0.5) is 0 Å². The predicted molar refractivity (Wildman–Crippen MR) is 144 cm³/mol. The van der Waals surface area contributed by atoms with Gasteiger partial charge in [0.2, 0.25) is 0 Å². The minimum absolute atomic E-state index is 0.00829. The van der Waals surface area contributed by atoms with Crippen molar-refractivity contribution in [3.63, 3.8) is 0 Å². The summed E-state index contributed by atoms with van der Waals surface area (Å²) in [7, 11) is 0. The first-order valence-corrected chi connectivity index (χ1v) is 13.0. The maximum absolute atomic E-state index is 12.5. The highest BCUT2D eigenvalue weighted by molar-refractivity contribution is 7.16. The lowest BCUT2D eigenvalue weighted by Crippen LogP contribution is -2.34. The minimum Gasteiger partial charge on any atom is -0.506 e. The standard InChI is InChI=1S/C24H23Cl2N3O5S2/c1-12(14-11-35-21(20(14)31)13-5-6-15(25)16(26)9-13)28-29-23(33)18-8-7-17(36-18)22(32)27-10-19(30)34-24(2,3)4/h5-9,11,31H,10H2,1-4H3,(H,27,32)(H,29,33). The van der Waals surface area contributed by atoms with Crippen molar-refractivity contribution < 1.29 is 24.2 Å². The van der Waals surface area contributed by atoms with Gasteiger partial charge in [-0.15, -0.1) is 22.7 Å². The van der Waals surface area contributed by atoms with E-state index in [1.165, 1.54) is 23.5 Å². The molecule has 0 saturated carbocycles. The molecule has 3 rings (SSSR count). The van der Waals surface area contributed by atoms with Crippen LogP contribution in [-0.4, -0.2) is 40.7 Å². The van der Waals surface area contributed by atoms with Gasteiger partial charge in [-0.3, -0.25) is 14.4 Å². The molecule has 0 fully saturated rings. The third kappa shape index (κ3) is 7.07. The van der Waals surface area contributed by atoms with Gasteiger partial charge in [0.05, 0.1) is 36.0 Å². The number of halogens is 2. The molecule has 3 N–H and O–H groups in total. The maximum atomic E-state index is 12.5. The van der Waals surface area contributed by atoms with Crippen LogP contribution in [0.15, 0.2) is 40.8 Å². The third-order valence-electron chi connectivity index (χ3n) is 4.53. The third-order valence-corrected chi connectivity index (χ3v) is 7.37. The van der Waals surface area contributed by atoms with Crippen molar-refractivity contribution in [3.8, 4) is 16.2 Å². The molecule has 3 aromatic rings. The van der Waals surface area contributed by atoms with Crippen molar-refractivity contribution in [2.45, 2.75) is 33.3 Å². The number of ether oxygens (including phenoxy) is 1. The first-order valence-electron chi connectivity index (χ1n) is 10.6. The summed E-state index contributed by atoms with van der Waals surface area (Å²) < 4.78 is 5.15. The Morgan fingerprint density at radius 3 is 2.36 bits per heavy atom. The summed E-state index contributed by atoms with van der Waals surface area (Å²) in [5, 5.41) is 19.7. The van der Waals surface area contributed by atoms with Crippen LogP contribution < -0.4 is 10.7 Å². The molecule has 0 saturated heterocycles. The quantitative estimate of drug-likeness (QED) is 0.192. The first kappa shape index (κ1) is 27.7. The Morgan fingerprint density at radius 1 is 1.06 bits per heavy atom. The van der Waals surface area contributed by atoms with Crippen LogP contribution in [0.3, 0.4) is 0 Å². The fraction of sp³-hybridized carbons (Fsp3) is 0.250. The molecule has 2 heterocycles. The summed E-state index contributed by atoms with van der Waals surface area (Å²) in [6.45, 7) is 6.55. The Labute approximate surface area is 225 Å². The van der Waals surface area contributed by atoms with Gasteiger partial charge in [-0.25, -0.2) is 5.43 Å². The van der Waals surface area contributed by atoms with Gasteiger partial charge in [-0.05, 0) is 57.5 Å². The molecule has 0 aliphatic heterocycles. The van der Waals surface area contributed by atoms with Gasteiger partial charge in [0.1, 0.15) is 17.9 Å². The monoisotopic (exact) mass is 567 g/mol. The molecule has 190 valence electrons. The molecule has 2 amide bonds. The molecule has 36 heavy (non-hydrogen) atoms. The van der Waals surface area contributed by atoms with Gasteiger partial charge >= 0.3 is 5.97 Å². The molecule has 0 aliphatic carbocycles. The molecule has 0 bridgehead atoms. The molecular formula is C24H23Cl2N3O5S2. The summed E-state index contributed by atoms with van der Waals surface area (Å²) in [5.41, 5.74) is 3.31. The second-order valence-corrected chi connectivity index (χ2v) is 11.3. The number of carbonyl (C=O) groups excluding carboxylic acids is 3. The first-order chi connectivity index (χ1) is 16.9. The highest BCUT2D eigenvalue weighted by Crippen LogP contribution is 2.40. The Balaban J connectivity index is 1.62. The van der Waals surface area contributed by atoms with E-state index in [9.17, 15) is 19.5 Å². The molecule has 0 radical (unpaired) electrons. The highest BCUT2D eigenvalue weighted by Gasteiger charge is 2.19. The second-order valence-electron chi connectivity index (χ2n) is 8.53. The van der Waals surface area contributed by atoms with Gasteiger partial charge in [0, 0.05) is 5.38 Å². The minimum atomic E-state index is -0.653. The van der Waals surface area contributed by atoms with Crippen molar-refractivity contribution in [3.05, 3.63) is 61.1 Å². The van der Waals surface area contributed by atoms with E-state index >= 15 is 0 Å². The van der Waals surface area contributed by atoms with E-state index < -0.39 is 23.4 Å². The molecular weight excluding hydrogens is 545 g/mol. The Hall–Kier alpha value is -2.92. The number of nitrogens with one attached hydrogen (secondary N) is 2. The number of esters is 1. The maximum Gasteiger partial charge on any atom is 0.325 e. The van der Waals surface area contributed by atoms with Gasteiger partial charge in [0.25, 0.3) is 11.8 Å². The van der Waals surface area contributed by atoms with E-state index in [0.29, 0.717) is 31.8 Å². The highest BCUT2D eigenvalue weighted by atomic mass is 35.5. The topological polar surface area (TPSA) is 117 Å². The molecule has 2 aromatic heterocycles. The van der Waals surface area contributed by atoms with Gasteiger partial charge in [-0.1, -0.05) is 29.3 Å². The largest absolute Gasteiger partial charge is 0.506 e. The molecule has 8 nitrogen and oxygen atoms in total. The number of hydrazone groups is 1. The van der Waals surface area contributed by atoms with Crippen molar-refractivity contribution in [2.24, 2.45) is 5.10 Å². The Bertz CT molecular complexity index is 1340. The zero-order chi connectivity index (χ0) is 26.6. The average molecular weight is 569 g/mol. The SMILES string of the molecule is CC(=NNC(=O)c1ccc(C(=O)NCC(=O)OC(C)(C)C)s1)c1csc(-c2ccc(Cl)c(Cl)c2)c1O. The number of thiophene rings is 2. The van der Waals surface area contributed by atoms with Crippen LogP contribution in [0.25, 0.3) is 10.4 Å². The molecule has 0 atom stereocenters. The second kappa shape index (κ2) is 11.4. The van der Waals surface area contributed by atoms with Crippen molar-refractivity contribution in [1.29, 1.82) is 0 Å². The lowest BCUT2D eigenvalue weighted by Gasteiger charge is -2.19. The van der Waals surface area contributed by atoms with Crippen LogP contribution in [0.5, 0.6) is 5.75 Å². The van der Waals surface area contributed by atoms with Gasteiger partial charge < -0.3 is 15.2 Å².